The van der Waals surface area contributed by atoms with E-state index in [1.807, 2.05) is 78.9 Å². The summed E-state index contributed by atoms with van der Waals surface area (Å²) in [6.07, 6.45) is 0. The maximum absolute atomic E-state index is 16.2. The molecule has 2 aliphatic rings. The van der Waals surface area contributed by atoms with Crippen molar-refractivity contribution < 1.29 is 4.57 Å². The molecule has 2 atom stereocenters. The summed E-state index contributed by atoms with van der Waals surface area (Å²) in [7, 11) is -3.46. The molecule has 0 bridgehead atoms. The molecule has 0 amide bonds. The van der Waals surface area contributed by atoms with Crippen LogP contribution in [0.25, 0.3) is 22.3 Å². The fourth-order valence-corrected chi connectivity index (χ4v) is 11.5. The van der Waals surface area contributed by atoms with Crippen molar-refractivity contribution in [1.29, 1.82) is 10.5 Å². The molecule has 0 saturated carbocycles. The first-order chi connectivity index (χ1) is 25.3. The van der Waals surface area contributed by atoms with Crippen LogP contribution in [-0.2, 0) is 15.4 Å². The average Bonchev–Trinajstić information content (AvgIpc) is 3.63. The second kappa shape index (κ2) is 11.6. The fraction of sp³-hybridized carbons (Fsp3) is 0.0833. The molecule has 0 aromatic heterocycles. The monoisotopic (exact) mass is 684 g/mol. The minimum absolute atomic E-state index is 0.452. The van der Waals surface area contributed by atoms with Crippen molar-refractivity contribution in [2.24, 2.45) is 0 Å². The van der Waals surface area contributed by atoms with Gasteiger partial charge in [0.25, 0.3) is 0 Å². The molecular formula is C48H33N2OP. The number of nitriles is 2. The minimum Gasteiger partial charge on any atom is -0.309 e. The lowest BCUT2D eigenvalue weighted by Crippen LogP contribution is -2.27. The predicted octanol–water partition coefficient (Wildman–Crippen LogP) is 9.74. The van der Waals surface area contributed by atoms with Gasteiger partial charge < -0.3 is 4.57 Å². The van der Waals surface area contributed by atoms with Crippen molar-refractivity contribution in [1.82, 2.24) is 0 Å². The standard InChI is InChI=1S/C48H33N2OP/c1-47(34-12-6-3-7-13-34)43-22-18-32(30-49)26-39(43)41-28-37(20-24-45(41)47)52(51,36-16-10-5-11-17-36)38-21-25-46-42(29-38)40-27-33(31-50)19-23-44(40)48(46,2)35-14-8-4-9-15-35/h3-29H,1-2H3. The first kappa shape index (κ1) is 31.7. The number of hydrogen-bond donors (Lipinski definition) is 0. The fourth-order valence-electron chi connectivity index (χ4n) is 8.86. The van der Waals surface area contributed by atoms with Gasteiger partial charge in [-0.2, -0.15) is 10.5 Å². The van der Waals surface area contributed by atoms with Gasteiger partial charge in [0.2, 0.25) is 0 Å². The Balaban J connectivity index is 1.29. The maximum atomic E-state index is 16.2. The van der Waals surface area contributed by atoms with Gasteiger partial charge in [-0.25, -0.2) is 0 Å². The molecule has 7 aromatic rings. The summed E-state index contributed by atoms with van der Waals surface area (Å²) in [6, 6.07) is 59.9. The molecule has 2 aliphatic carbocycles. The highest BCUT2D eigenvalue weighted by Crippen LogP contribution is 2.56. The molecule has 9 rings (SSSR count). The van der Waals surface area contributed by atoms with Gasteiger partial charge in [0, 0.05) is 26.7 Å². The second-order valence-corrected chi connectivity index (χ2v) is 16.9. The van der Waals surface area contributed by atoms with Crippen LogP contribution >= 0.6 is 7.14 Å². The van der Waals surface area contributed by atoms with Crippen molar-refractivity contribution in [2.45, 2.75) is 24.7 Å². The molecule has 2 unspecified atom stereocenters. The molecule has 7 aromatic carbocycles. The molecule has 0 heterocycles. The molecular weight excluding hydrogens is 652 g/mol. The SMILES string of the molecule is CC1(c2ccccc2)c2ccc(C#N)cc2-c2cc(P(=O)(c3ccccc3)c3ccc4c(c3)-c3cc(C#N)ccc3C4(C)c3ccccc3)ccc21. The van der Waals surface area contributed by atoms with E-state index in [0.29, 0.717) is 11.1 Å². The number of benzene rings is 7. The molecule has 0 radical (unpaired) electrons. The molecule has 0 spiro atoms. The second-order valence-electron chi connectivity index (χ2n) is 14.1. The first-order valence-electron chi connectivity index (χ1n) is 17.5. The van der Waals surface area contributed by atoms with Gasteiger partial charge in [-0.15, -0.1) is 0 Å². The number of nitrogens with zero attached hydrogens (tertiary/aromatic N) is 2. The van der Waals surface area contributed by atoms with Gasteiger partial charge in [0.1, 0.15) is 0 Å². The van der Waals surface area contributed by atoms with Crippen LogP contribution in [0.3, 0.4) is 0 Å². The lowest BCUT2D eigenvalue weighted by Gasteiger charge is -2.29. The van der Waals surface area contributed by atoms with E-state index in [9.17, 15) is 10.5 Å². The Morgan fingerprint density at radius 2 is 0.769 bits per heavy atom. The van der Waals surface area contributed by atoms with Crippen LogP contribution in [0.2, 0.25) is 0 Å². The third kappa shape index (κ3) is 4.34. The van der Waals surface area contributed by atoms with Gasteiger partial charge in [0.05, 0.1) is 23.3 Å². The summed E-state index contributed by atoms with van der Waals surface area (Å²) in [4.78, 5) is 0. The first-order valence-corrected chi connectivity index (χ1v) is 19.2. The van der Waals surface area contributed by atoms with E-state index >= 15 is 4.57 Å². The van der Waals surface area contributed by atoms with E-state index in [1.54, 1.807) is 0 Å². The van der Waals surface area contributed by atoms with Crippen LogP contribution in [-0.4, -0.2) is 0 Å². The smallest absolute Gasteiger partial charge is 0.171 e. The zero-order valence-corrected chi connectivity index (χ0v) is 29.7. The van der Waals surface area contributed by atoms with Gasteiger partial charge in [0.15, 0.2) is 7.14 Å². The Morgan fingerprint density at radius 3 is 1.15 bits per heavy atom. The Kier molecular flexibility index (Phi) is 7.10. The number of fused-ring (bicyclic) bond motifs is 6. The van der Waals surface area contributed by atoms with Gasteiger partial charge in [-0.05, 0) is 106 Å². The highest BCUT2D eigenvalue weighted by Gasteiger charge is 2.44. The van der Waals surface area contributed by atoms with Crippen molar-refractivity contribution in [3.05, 3.63) is 208 Å². The average molecular weight is 685 g/mol. The van der Waals surface area contributed by atoms with Crippen molar-refractivity contribution in [3.63, 3.8) is 0 Å². The molecule has 0 fully saturated rings. The lowest BCUT2D eigenvalue weighted by atomic mass is 9.74. The summed E-state index contributed by atoms with van der Waals surface area (Å²) in [5.74, 6) is 0. The number of rotatable bonds is 5. The van der Waals surface area contributed by atoms with Crippen LogP contribution in [0.1, 0.15) is 58.4 Å². The van der Waals surface area contributed by atoms with Crippen LogP contribution < -0.4 is 15.9 Å². The van der Waals surface area contributed by atoms with Crippen LogP contribution in [0, 0.1) is 22.7 Å². The van der Waals surface area contributed by atoms with E-state index in [-0.39, 0.29) is 0 Å². The Morgan fingerprint density at radius 1 is 0.423 bits per heavy atom. The molecule has 4 heteroatoms. The van der Waals surface area contributed by atoms with Crippen molar-refractivity contribution in [3.8, 4) is 34.4 Å². The molecule has 246 valence electrons. The molecule has 0 N–H and O–H groups in total. The Hall–Kier alpha value is -6.25. The topological polar surface area (TPSA) is 64.7 Å². The third-order valence-corrected chi connectivity index (χ3v) is 14.6. The van der Waals surface area contributed by atoms with Gasteiger partial charge >= 0.3 is 0 Å². The normalized spacial score (nSPS) is 18.9. The summed E-state index contributed by atoms with van der Waals surface area (Å²) in [5, 5.41) is 22.1. The zero-order valence-electron chi connectivity index (χ0n) is 28.8. The quantitative estimate of drug-likeness (QED) is 0.170. The van der Waals surface area contributed by atoms with E-state index in [2.05, 4.69) is 111 Å². The Labute approximate surface area is 304 Å². The summed E-state index contributed by atoms with van der Waals surface area (Å²) >= 11 is 0. The van der Waals surface area contributed by atoms with E-state index in [4.69, 9.17) is 0 Å². The van der Waals surface area contributed by atoms with Crippen molar-refractivity contribution in [2.75, 3.05) is 0 Å². The minimum atomic E-state index is -3.46. The summed E-state index contributed by atoms with van der Waals surface area (Å²) in [6.45, 7) is 4.49. The zero-order chi connectivity index (χ0) is 35.7. The number of hydrogen-bond acceptors (Lipinski definition) is 3. The molecule has 0 aliphatic heterocycles. The Bertz CT molecular complexity index is 2540. The predicted molar refractivity (Wildman–Crippen MR) is 210 cm³/mol. The van der Waals surface area contributed by atoms with Crippen LogP contribution in [0.4, 0.5) is 0 Å². The van der Waals surface area contributed by atoms with E-state index in [0.717, 1.165) is 71.5 Å². The summed E-state index contributed by atoms with van der Waals surface area (Å²) < 4.78 is 16.2. The van der Waals surface area contributed by atoms with Crippen molar-refractivity contribution >= 4 is 23.1 Å². The summed E-state index contributed by atoms with van der Waals surface area (Å²) in [5.41, 5.74) is 11.1. The third-order valence-electron chi connectivity index (χ3n) is 11.6. The van der Waals surface area contributed by atoms with E-state index < -0.39 is 18.0 Å². The molecule has 52 heavy (non-hydrogen) atoms. The maximum Gasteiger partial charge on any atom is 0.171 e. The molecule has 3 nitrogen and oxygen atoms in total. The lowest BCUT2D eigenvalue weighted by molar-refractivity contribution is 0.592. The van der Waals surface area contributed by atoms with Gasteiger partial charge in [-0.1, -0.05) is 127 Å². The van der Waals surface area contributed by atoms with Crippen LogP contribution in [0.5, 0.6) is 0 Å². The van der Waals surface area contributed by atoms with Crippen LogP contribution in [0.15, 0.2) is 164 Å². The largest absolute Gasteiger partial charge is 0.309 e. The van der Waals surface area contributed by atoms with E-state index in [1.165, 1.54) is 0 Å². The highest BCUT2D eigenvalue weighted by molar-refractivity contribution is 7.85. The highest BCUT2D eigenvalue weighted by atomic mass is 31.2. The molecule has 0 saturated heterocycles. The van der Waals surface area contributed by atoms with Gasteiger partial charge in [-0.3, -0.25) is 0 Å².